The summed E-state index contributed by atoms with van der Waals surface area (Å²) in [6.07, 6.45) is -4.74. The molecule has 2 saturated heterocycles. The third kappa shape index (κ3) is 3.79. The Morgan fingerprint density at radius 2 is 2.04 bits per heavy atom. The highest BCUT2D eigenvalue weighted by Crippen LogP contribution is 2.32. The molecule has 0 spiro atoms. The summed E-state index contributed by atoms with van der Waals surface area (Å²) in [4.78, 5) is 14.1. The van der Waals surface area contributed by atoms with E-state index in [4.69, 9.17) is 4.74 Å². The minimum atomic E-state index is -4.45. The Balaban J connectivity index is 0.00000192. The largest absolute Gasteiger partial charge is 0.416 e. The van der Waals surface area contributed by atoms with Gasteiger partial charge in [0.2, 0.25) is 5.91 Å². The number of hydrogen-bond donors (Lipinski definition) is 1. The molecule has 2 atom stereocenters. The Labute approximate surface area is 138 Å². The second-order valence-corrected chi connectivity index (χ2v) is 5.55. The van der Waals surface area contributed by atoms with Crippen LogP contribution in [-0.2, 0) is 22.1 Å². The molecule has 1 N–H and O–H groups in total. The van der Waals surface area contributed by atoms with Crippen LogP contribution >= 0.6 is 12.4 Å². The Morgan fingerprint density at radius 1 is 1.30 bits per heavy atom. The van der Waals surface area contributed by atoms with Gasteiger partial charge < -0.3 is 15.0 Å². The van der Waals surface area contributed by atoms with Crippen molar-refractivity contribution in [2.24, 2.45) is 0 Å². The van der Waals surface area contributed by atoms with E-state index in [2.05, 4.69) is 5.32 Å². The van der Waals surface area contributed by atoms with E-state index >= 15 is 0 Å². The van der Waals surface area contributed by atoms with Gasteiger partial charge in [-0.15, -0.1) is 12.4 Å². The number of fused-ring (bicyclic) bond motifs is 1. The van der Waals surface area contributed by atoms with Gasteiger partial charge in [0.15, 0.2) is 0 Å². The zero-order valence-electron chi connectivity index (χ0n) is 12.3. The molecule has 128 valence electrons. The fourth-order valence-electron chi connectivity index (χ4n) is 3.12. The number of benzene rings is 1. The number of carbonyl (C=O) groups is 1. The van der Waals surface area contributed by atoms with Gasteiger partial charge in [-0.1, -0.05) is 18.2 Å². The molecule has 0 unspecified atom stereocenters. The average Bonchev–Trinajstić information content (AvgIpc) is 2.94. The highest BCUT2D eigenvalue weighted by Gasteiger charge is 2.39. The number of morpholine rings is 1. The number of nitrogens with zero attached hydrogens (tertiary/aromatic N) is 1. The van der Waals surface area contributed by atoms with Gasteiger partial charge in [0.05, 0.1) is 30.7 Å². The lowest BCUT2D eigenvalue weighted by Crippen LogP contribution is -2.53. The van der Waals surface area contributed by atoms with Crippen molar-refractivity contribution >= 4 is 18.3 Å². The molecule has 0 bridgehead atoms. The monoisotopic (exact) mass is 350 g/mol. The third-order valence-corrected chi connectivity index (χ3v) is 4.18. The van der Waals surface area contributed by atoms with Crippen LogP contribution in [0.4, 0.5) is 13.2 Å². The number of alkyl halides is 3. The van der Waals surface area contributed by atoms with Crippen molar-refractivity contribution < 1.29 is 22.7 Å². The second-order valence-electron chi connectivity index (χ2n) is 5.55. The van der Waals surface area contributed by atoms with E-state index in [0.29, 0.717) is 26.2 Å². The number of nitrogens with one attached hydrogen (secondary N) is 1. The van der Waals surface area contributed by atoms with Crippen molar-refractivity contribution in [3.8, 4) is 0 Å². The minimum absolute atomic E-state index is 0. The molecule has 2 aliphatic rings. The predicted molar refractivity (Wildman–Crippen MR) is 80.5 cm³/mol. The van der Waals surface area contributed by atoms with E-state index in [1.807, 2.05) is 0 Å². The summed E-state index contributed by atoms with van der Waals surface area (Å²) >= 11 is 0. The normalized spacial score (nSPS) is 24.0. The van der Waals surface area contributed by atoms with Gasteiger partial charge in [-0.3, -0.25) is 4.79 Å². The molecular formula is C15H18ClF3N2O2. The van der Waals surface area contributed by atoms with E-state index in [0.717, 1.165) is 6.07 Å². The zero-order valence-corrected chi connectivity index (χ0v) is 13.1. The Kier molecular flexibility index (Phi) is 5.54. The second kappa shape index (κ2) is 7.07. The Hall–Kier alpha value is -1.31. The molecule has 2 fully saturated rings. The number of amides is 1. The summed E-state index contributed by atoms with van der Waals surface area (Å²) in [5.74, 6) is -0.279. The van der Waals surface area contributed by atoms with Gasteiger partial charge in [0, 0.05) is 19.6 Å². The molecule has 3 rings (SSSR count). The molecule has 1 amide bonds. The standard InChI is InChI=1S/C15H17F3N2O2.ClH/c16-15(17,18)11-4-2-1-3-10(11)7-14(21)20-5-6-22-13-9-19-8-12(13)20;/h1-4,12-13,19H,5-9H2;1H/t12-,13+;/m1./s1. The SMILES string of the molecule is Cl.O=C(Cc1ccccc1C(F)(F)F)N1CCO[C@H]2CNC[C@H]21. The molecule has 1 aromatic rings. The van der Waals surface area contributed by atoms with Gasteiger partial charge in [0.25, 0.3) is 0 Å². The van der Waals surface area contributed by atoms with E-state index in [1.165, 1.54) is 18.2 Å². The van der Waals surface area contributed by atoms with Crippen LogP contribution in [0.15, 0.2) is 24.3 Å². The maximum absolute atomic E-state index is 13.0. The smallest absolute Gasteiger partial charge is 0.373 e. The molecule has 4 nitrogen and oxygen atoms in total. The molecule has 2 aliphatic heterocycles. The number of halogens is 4. The van der Waals surface area contributed by atoms with Gasteiger partial charge in [-0.2, -0.15) is 13.2 Å². The van der Waals surface area contributed by atoms with Crippen LogP contribution in [-0.4, -0.2) is 49.2 Å². The van der Waals surface area contributed by atoms with Crippen LogP contribution in [0.5, 0.6) is 0 Å². The highest BCUT2D eigenvalue weighted by molar-refractivity contribution is 5.85. The summed E-state index contributed by atoms with van der Waals surface area (Å²) < 4.78 is 44.6. The van der Waals surface area contributed by atoms with Crippen LogP contribution in [0.25, 0.3) is 0 Å². The summed E-state index contributed by atoms with van der Waals surface area (Å²) in [5.41, 5.74) is -0.716. The summed E-state index contributed by atoms with van der Waals surface area (Å²) in [6, 6.07) is 5.16. The molecule has 0 aromatic heterocycles. The molecule has 23 heavy (non-hydrogen) atoms. The lowest BCUT2D eigenvalue weighted by atomic mass is 10.0. The van der Waals surface area contributed by atoms with Crippen molar-refractivity contribution in [3.63, 3.8) is 0 Å². The number of carbonyl (C=O) groups excluding carboxylic acids is 1. The first kappa shape index (κ1) is 18.0. The Bertz CT molecular complexity index is 568. The molecule has 0 aliphatic carbocycles. The molecule has 1 aromatic carbocycles. The predicted octanol–water partition coefficient (Wildman–Crippen LogP) is 1.87. The number of hydrogen-bond acceptors (Lipinski definition) is 3. The van der Waals surface area contributed by atoms with Crippen molar-refractivity contribution in [2.45, 2.75) is 24.7 Å². The van der Waals surface area contributed by atoms with E-state index in [-0.39, 0.29) is 42.4 Å². The summed E-state index contributed by atoms with van der Waals surface area (Å²) in [6.45, 7) is 2.15. The van der Waals surface area contributed by atoms with Gasteiger partial charge in [-0.05, 0) is 11.6 Å². The van der Waals surface area contributed by atoms with Gasteiger partial charge in [0.1, 0.15) is 0 Å². The van der Waals surface area contributed by atoms with Crippen molar-refractivity contribution in [1.29, 1.82) is 0 Å². The number of rotatable bonds is 2. The first-order valence-electron chi connectivity index (χ1n) is 7.23. The maximum Gasteiger partial charge on any atom is 0.416 e. The first-order valence-corrected chi connectivity index (χ1v) is 7.23. The molecule has 0 radical (unpaired) electrons. The van der Waals surface area contributed by atoms with E-state index in [1.54, 1.807) is 4.90 Å². The first-order chi connectivity index (χ1) is 10.5. The molecule has 2 heterocycles. The fourth-order valence-corrected chi connectivity index (χ4v) is 3.12. The number of ether oxygens (including phenoxy) is 1. The van der Waals surface area contributed by atoms with Gasteiger partial charge in [-0.25, -0.2) is 0 Å². The minimum Gasteiger partial charge on any atom is -0.373 e. The highest BCUT2D eigenvalue weighted by atomic mass is 35.5. The van der Waals surface area contributed by atoms with E-state index in [9.17, 15) is 18.0 Å². The third-order valence-electron chi connectivity index (χ3n) is 4.18. The Morgan fingerprint density at radius 3 is 2.78 bits per heavy atom. The van der Waals surface area contributed by atoms with E-state index < -0.39 is 11.7 Å². The summed E-state index contributed by atoms with van der Waals surface area (Å²) in [5, 5.41) is 3.15. The molecular weight excluding hydrogens is 333 g/mol. The van der Waals surface area contributed by atoms with Crippen LogP contribution in [0, 0.1) is 0 Å². The zero-order chi connectivity index (χ0) is 15.7. The van der Waals surface area contributed by atoms with Crippen LogP contribution in [0.3, 0.4) is 0 Å². The fraction of sp³-hybridized carbons (Fsp3) is 0.533. The molecule has 0 saturated carbocycles. The van der Waals surface area contributed by atoms with Crippen molar-refractivity contribution in [3.05, 3.63) is 35.4 Å². The lowest BCUT2D eigenvalue weighted by Gasteiger charge is -2.37. The lowest BCUT2D eigenvalue weighted by molar-refractivity contribution is -0.143. The molecule has 8 heteroatoms. The average molecular weight is 351 g/mol. The van der Waals surface area contributed by atoms with Crippen LogP contribution in [0.2, 0.25) is 0 Å². The van der Waals surface area contributed by atoms with Crippen molar-refractivity contribution in [1.82, 2.24) is 10.2 Å². The maximum atomic E-state index is 13.0. The summed E-state index contributed by atoms with van der Waals surface area (Å²) in [7, 11) is 0. The van der Waals surface area contributed by atoms with Crippen molar-refractivity contribution in [2.75, 3.05) is 26.2 Å². The van der Waals surface area contributed by atoms with Gasteiger partial charge >= 0.3 is 6.18 Å². The van der Waals surface area contributed by atoms with Crippen LogP contribution < -0.4 is 5.32 Å². The quantitative estimate of drug-likeness (QED) is 0.885. The topological polar surface area (TPSA) is 41.6 Å². The van der Waals surface area contributed by atoms with Crippen LogP contribution in [0.1, 0.15) is 11.1 Å².